The quantitative estimate of drug-likeness (QED) is 0.779. The van der Waals surface area contributed by atoms with Gasteiger partial charge < -0.3 is 10.2 Å². The number of rotatable bonds is 5. The maximum Gasteiger partial charge on any atom is 0.199 e. The molecule has 3 nitrogen and oxygen atoms in total. The monoisotopic (exact) mass is 241 g/mol. The van der Waals surface area contributed by atoms with Crippen LogP contribution in [-0.4, -0.2) is 24.3 Å². The predicted octanol–water partition coefficient (Wildman–Crippen LogP) is 3.12. The average Bonchev–Trinajstić information content (AvgIpc) is 2.16. The smallest absolute Gasteiger partial charge is 0.199 e. The SMILES string of the molecule is CC(C)c1ccc(NCCP(C)(=O)O)cc1. The molecule has 0 saturated carbocycles. The molecule has 90 valence electrons. The van der Waals surface area contributed by atoms with Crippen molar-refractivity contribution in [1.29, 1.82) is 0 Å². The summed E-state index contributed by atoms with van der Waals surface area (Å²) in [5.41, 5.74) is 2.30. The molecule has 0 fully saturated rings. The van der Waals surface area contributed by atoms with Crippen molar-refractivity contribution in [2.75, 3.05) is 24.7 Å². The maximum absolute atomic E-state index is 11.1. The molecular weight excluding hydrogens is 221 g/mol. The van der Waals surface area contributed by atoms with Crippen LogP contribution in [0.25, 0.3) is 0 Å². The van der Waals surface area contributed by atoms with Gasteiger partial charge in [0.05, 0.1) is 0 Å². The Morgan fingerprint density at radius 1 is 1.31 bits per heavy atom. The first-order valence-electron chi connectivity index (χ1n) is 5.51. The van der Waals surface area contributed by atoms with Crippen molar-refractivity contribution in [2.45, 2.75) is 19.8 Å². The highest BCUT2D eigenvalue weighted by molar-refractivity contribution is 7.57. The number of hydrogen-bond acceptors (Lipinski definition) is 2. The highest BCUT2D eigenvalue weighted by atomic mass is 31.2. The Kier molecular flexibility index (Phi) is 4.57. The summed E-state index contributed by atoms with van der Waals surface area (Å²) in [7, 11) is -2.89. The van der Waals surface area contributed by atoms with Gasteiger partial charge in [0, 0.05) is 25.1 Å². The van der Waals surface area contributed by atoms with Crippen molar-refractivity contribution in [3.63, 3.8) is 0 Å². The zero-order chi connectivity index (χ0) is 12.2. The van der Waals surface area contributed by atoms with Gasteiger partial charge in [-0.05, 0) is 23.6 Å². The molecule has 1 unspecified atom stereocenters. The first-order valence-corrected chi connectivity index (χ1v) is 7.81. The summed E-state index contributed by atoms with van der Waals surface area (Å²) < 4.78 is 11.1. The molecule has 0 saturated heterocycles. The van der Waals surface area contributed by atoms with Gasteiger partial charge >= 0.3 is 0 Å². The van der Waals surface area contributed by atoms with Gasteiger partial charge in [0.15, 0.2) is 7.37 Å². The maximum atomic E-state index is 11.1. The summed E-state index contributed by atoms with van der Waals surface area (Å²) in [5.74, 6) is 0.530. The van der Waals surface area contributed by atoms with Crippen molar-refractivity contribution in [2.24, 2.45) is 0 Å². The minimum Gasteiger partial charge on any atom is -0.384 e. The lowest BCUT2D eigenvalue weighted by molar-refractivity contribution is 0.485. The zero-order valence-electron chi connectivity index (χ0n) is 10.1. The first kappa shape index (κ1) is 13.3. The van der Waals surface area contributed by atoms with Crippen molar-refractivity contribution < 1.29 is 9.46 Å². The number of anilines is 1. The van der Waals surface area contributed by atoms with Gasteiger partial charge in [0.25, 0.3) is 0 Å². The van der Waals surface area contributed by atoms with E-state index in [2.05, 4.69) is 31.3 Å². The fraction of sp³-hybridized carbons (Fsp3) is 0.500. The van der Waals surface area contributed by atoms with Crippen LogP contribution in [0, 0.1) is 0 Å². The van der Waals surface area contributed by atoms with E-state index in [0.717, 1.165) is 5.69 Å². The number of hydrogen-bond donors (Lipinski definition) is 2. The molecule has 1 rings (SSSR count). The van der Waals surface area contributed by atoms with Crippen molar-refractivity contribution in [1.82, 2.24) is 0 Å². The van der Waals surface area contributed by atoms with E-state index in [0.29, 0.717) is 18.6 Å². The van der Waals surface area contributed by atoms with Gasteiger partial charge in [-0.2, -0.15) is 0 Å². The molecule has 0 aliphatic carbocycles. The minimum atomic E-state index is -2.89. The molecule has 1 aromatic carbocycles. The minimum absolute atomic E-state index is 0.304. The highest BCUT2D eigenvalue weighted by Gasteiger charge is 2.08. The Labute approximate surface area is 97.3 Å². The molecule has 0 radical (unpaired) electrons. The molecule has 4 heteroatoms. The lowest BCUT2D eigenvalue weighted by Gasteiger charge is -2.10. The highest BCUT2D eigenvalue weighted by Crippen LogP contribution is 2.34. The molecule has 0 aliphatic rings. The van der Waals surface area contributed by atoms with Crippen LogP contribution >= 0.6 is 7.37 Å². The van der Waals surface area contributed by atoms with Crippen LogP contribution in [0.3, 0.4) is 0 Å². The number of nitrogens with one attached hydrogen (secondary N) is 1. The summed E-state index contributed by atoms with van der Waals surface area (Å²) in [4.78, 5) is 9.13. The first-order chi connectivity index (χ1) is 7.38. The Bertz CT molecular complexity index is 367. The second-order valence-electron chi connectivity index (χ2n) is 4.48. The summed E-state index contributed by atoms with van der Waals surface area (Å²) >= 11 is 0. The summed E-state index contributed by atoms with van der Waals surface area (Å²) in [6.07, 6.45) is 0.304. The van der Waals surface area contributed by atoms with Gasteiger partial charge in [-0.15, -0.1) is 0 Å². The van der Waals surface area contributed by atoms with Crippen LogP contribution in [0.15, 0.2) is 24.3 Å². The summed E-state index contributed by atoms with van der Waals surface area (Å²) in [5, 5.41) is 3.14. The molecular formula is C12H20NO2P. The van der Waals surface area contributed by atoms with Gasteiger partial charge in [-0.3, -0.25) is 4.57 Å². The molecule has 2 N–H and O–H groups in total. The van der Waals surface area contributed by atoms with Gasteiger partial charge in [0.2, 0.25) is 0 Å². The van der Waals surface area contributed by atoms with Crippen molar-refractivity contribution >= 4 is 13.1 Å². The average molecular weight is 241 g/mol. The van der Waals surface area contributed by atoms with Crippen LogP contribution in [0.2, 0.25) is 0 Å². The van der Waals surface area contributed by atoms with E-state index in [1.54, 1.807) is 0 Å². The van der Waals surface area contributed by atoms with Crippen LogP contribution in [0.4, 0.5) is 5.69 Å². The van der Waals surface area contributed by atoms with Gasteiger partial charge in [0.1, 0.15) is 0 Å². The third kappa shape index (κ3) is 4.82. The van der Waals surface area contributed by atoms with Crippen LogP contribution < -0.4 is 5.32 Å². The molecule has 0 aromatic heterocycles. The second-order valence-corrected chi connectivity index (χ2v) is 7.03. The van der Waals surface area contributed by atoms with E-state index in [1.165, 1.54) is 12.2 Å². The fourth-order valence-electron chi connectivity index (χ4n) is 1.39. The van der Waals surface area contributed by atoms with Gasteiger partial charge in [-0.1, -0.05) is 26.0 Å². The normalized spacial score (nSPS) is 14.8. The molecule has 1 aromatic rings. The molecule has 1 atom stereocenters. The Morgan fingerprint density at radius 2 is 1.88 bits per heavy atom. The summed E-state index contributed by atoms with van der Waals surface area (Å²) in [6, 6.07) is 8.18. The van der Waals surface area contributed by atoms with Gasteiger partial charge in [-0.25, -0.2) is 0 Å². The van der Waals surface area contributed by atoms with E-state index in [1.807, 2.05) is 12.1 Å². The topological polar surface area (TPSA) is 49.3 Å². The summed E-state index contributed by atoms with van der Waals surface area (Å²) in [6.45, 7) is 6.23. The van der Waals surface area contributed by atoms with E-state index in [4.69, 9.17) is 4.89 Å². The predicted molar refractivity (Wildman–Crippen MR) is 69.6 cm³/mol. The lowest BCUT2D eigenvalue weighted by atomic mass is 10.0. The lowest BCUT2D eigenvalue weighted by Crippen LogP contribution is -2.06. The molecule has 0 bridgehead atoms. The van der Waals surface area contributed by atoms with Crippen molar-refractivity contribution in [3.05, 3.63) is 29.8 Å². The Balaban J connectivity index is 2.47. The molecule has 0 amide bonds. The van der Waals surface area contributed by atoms with E-state index < -0.39 is 7.37 Å². The molecule has 0 heterocycles. The van der Waals surface area contributed by atoms with E-state index in [9.17, 15) is 4.57 Å². The third-order valence-corrected chi connectivity index (χ3v) is 3.49. The van der Waals surface area contributed by atoms with Crippen LogP contribution in [0.5, 0.6) is 0 Å². The third-order valence-electron chi connectivity index (χ3n) is 2.43. The van der Waals surface area contributed by atoms with Crippen molar-refractivity contribution in [3.8, 4) is 0 Å². The molecule has 0 spiro atoms. The van der Waals surface area contributed by atoms with E-state index >= 15 is 0 Å². The fourth-order valence-corrected chi connectivity index (χ4v) is 1.92. The molecule has 16 heavy (non-hydrogen) atoms. The Morgan fingerprint density at radius 3 is 2.31 bits per heavy atom. The Hall–Kier alpha value is -0.790. The zero-order valence-corrected chi connectivity index (χ0v) is 11.0. The largest absolute Gasteiger partial charge is 0.384 e. The second kappa shape index (κ2) is 5.51. The standard InChI is InChI=1S/C12H20NO2P/c1-10(2)11-4-6-12(7-5-11)13-8-9-16(3,14)15/h4-7,10,13H,8-9H2,1-3H3,(H,14,15). The van der Waals surface area contributed by atoms with Crippen LogP contribution in [0.1, 0.15) is 25.3 Å². The molecule has 0 aliphatic heterocycles. The number of benzene rings is 1. The van der Waals surface area contributed by atoms with E-state index in [-0.39, 0.29) is 0 Å². The van der Waals surface area contributed by atoms with Crippen LogP contribution in [-0.2, 0) is 4.57 Å².